The van der Waals surface area contributed by atoms with E-state index in [1.807, 2.05) is 48.5 Å². The standard InChI is InChI=1S/C26H31N3O3S/c1-33(31,32)25-13-12-23(29-16-14-28(15-17-29)18-19-30)20-24(25)27-26(21-8-4-2-5-9-21)22-10-6-3-7-11-22/h2-13,20,26-27,30H,14-19H2,1H3. The average molecular weight is 466 g/mol. The SMILES string of the molecule is CS(=O)(=O)c1ccc(N2CCN(CCO)CC2)cc1NC(c1ccccc1)c1ccccc1. The molecule has 0 unspecified atom stereocenters. The van der Waals surface area contributed by atoms with Gasteiger partial charge < -0.3 is 15.3 Å². The first-order chi connectivity index (χ1) is 16.0. The van der Waals surface area contributed by atoms with Crippen molar-refractivity contribution in [2.24, 2.45) is 0 Å². The summed E-state index contributed by atoms with van der Waals surface area (Å²) in [4.78, 5) is 4.80. The number of rotatable bonds is 8. The molecule has 3 aromatic carbocycles. The highest BCUT2D eigenvalue weighted by molar-refractivity contribution is 7.90. The number of nitrogens with zero attached hydrogens (tertiary/aromatic N) is 2. The lowest BCUT2D eigenvalue weighted by Crippen LogP contribution is -2.47. The lowest BCUT2D eigenvalue weighted by molar-refractivity contribution is 0.189. The molecule has 4 rings (SSSR count). The number of β-amino-alcohol motifs (C(OH)–C–C–N with tert-alkyl or cyclic N) is 1. The van der Waals surface area contributed by atoms with E-state index in [9.17, 15) is 13.5 Å². The molecule has 1 fully saturated rings. The van der Waals surface area contributed by atoms with Gasteiger partial charge in [0.2, 0.25) is 0 Å². The van der Waals surface area contributed by atoms with Gasteiger partial charge in [0.15, 0.2) is 9.84 Å². The number of piperazine rings is 1. The molecule has 1 aliphatic heterocycles. The summed E-state index contributed by atoms with van der Waals surface area (Å²) in [5, 5.41) is 12.7. The van der Waals surface area contributed by atoms with Gasteiger partial charge in [-0.25, -0.2) is 8.42 Å². The van der Waals surface area contributed by atoms with Crippen molar-refractivity contribution in [3.63, 3.8) is 0 Å². The number of aliphatic hydroxyl groups is 1. The maximum atomic E-state index is 12.6. The fourth-order valence-corrected chi connectivity index (χ4v) is 5.16. The zero-order valence-electron chi connectivity index (χ0n) is 18.9. The van der Waals surface area contributed by atoms with Crippen LogP contribution in [0.15, 0.2) is 83.8 Å². The lowest BCUT2D eigenvalue weighted by atomic mass is 9.98. The quantitative estimate of drug-likeness (QED) is 0.531. The van der Waals surface area contributed by atoms with Crippen LogP contribution in [0.25, 0.3) is 0 Å². The van der Waals surface area contributed by atoms with E-state index in [1.165, 1.54) is 6.26 Å². The predicted molar refractivity (Wildman–Crippen MR) is 134 cm³/mol. The van der Waals surface area contributed by atoms with Gasteiger partial charge in [-0.05, 0) is 29.3 Å². The van der Waals surface area contributed by atoms with Crippen molar-refractivity contribution in [2.75, 3.05) is 55.8 Å². The molecule has 33 heavy (non-hydrogen) atoms. The lowest BCUT2D eigenvalue weighted by Gasteiger charge is -2.36. The summed E-state index contributed by atoms with van der Waals surface area (Å²) < 4.78 is 25.3. The molecule has 0 aliphatic carbocycles. The van der Waals surface area contributed by atoms with Gasteiger partial charge >= 0.3 is 0 Å². The summed E-state index contributed by atoms with van der Waals surface area (Å²) >= 11 is 0. The van der Waals surface area contributed by atoms with E-state index in [1.54, 1.807) is 6.07 Å². The summed E-state index contributed by atoms with van der Waals surface area (Å²) in [5.74, 6) is 0. The first kappa shape index (κ1) is 23.3. The van der Waals surface area contributed by atoms with Crippen molar-refractivity contribution in [3.8, 4) is 0 Å². The van der Waals surface area contributed by atoms with Crippen LogP contribution in [0.3, 0.4) is 0 Å². The average Bonchev–Trinajstić information content (AvgIpc) is 2.83. The molecule has 174 valence electrons. The molecule has 7 heteroatoms. The third-order valence-electron chi connectivity index (χ3n) is 6.08. The number of benzene rings is 3. The van der Waals surface area contributed by atoms with Crippen LogP contribution in [0, 0.1) is 0 Å². The molecule has 0 saturated carbocycles. The van der Waals surface area contributed by atoms with Gasteiger partial charge in [-0.2, -0.15) is 0 Å². The van der Waals surface area contributed by atoms with Gasteiger partial charge in [-0.1, -0.05) is 60.7 Å². The Morgan fingerprint density at radius 1 is 0.879 bits per heavy atom. The Labute approximate surface area is 196 Å². The topological polar surface area (TPSA) is 72.9 Å². The Balaban J connectivity index is 1.69. The minimum Gasteiger partial charge on any atom is -0.395 e. The van der Waals surface area contributed by atoms with E-state index in [2.05, 4.69) is 39.4 Å². The number of sulfone groups is 1. The van der Waals surface area contributed by atoms with Crippen molar-refractivity contribution >= 4 is 21.2 Å². The molecule has 1 heterocycles. The maximum absolute atomic E-state index is 12.6. The maximum Gasteiger partial charge on any atom is 0.177 e. The van der Waals surface area contributed by atoms with Gasteiger partial charge in [0, 0.05) is 44.7 Å². The van der Waals surface area contributed by atoms with Crippen molar-refractivity contribution < 1.29 is 13.5 Å². The van der Waals surface area contributed by atoms with Gasteiger partial charge in [0.05, 0.1) is 23.2 Å². The molecular weight excluding hydrogens is 434 g/mol. The summed E-state index contributed by atoms with van der Waals surface area (Å²) in [5.41, 5.74) is 3.72. The fourth-order valence-electron chi connectivity index (χ4n) is 4.33. The Kier molecular flexibility index (Phi) is 7.33. The van der Waals surface area contributed by atoms with Crippen LogP contribution in [0.1, 0.15) is 17.2 Å². The molecule has 0 aromatic heterocycles. The molecule has 0 bridgehead atoms. The fraction of sp³-hybridized carbons (Fsp3) is 0.308. The highest BCUT2D eigenvalue weighted by atomic mass is 32.2. The molecule has 3 aromatic rings. The van der Waals surface area contributed by atoms with Gasteiger partial charge in [0.25, 0.3) is 0 Å². The molecular formula is C26H31N3O3S. The molecule has 0 amide bonds. The van der Waals surface area contributed by atoms with E-state index in [0.717, 1.165) is 43.0 Å². The summed E-state index contributed by atoms with van der Waals surface area (Å²) in [6, 6.07) is 25.5. The summed E-state index contributed by atoms with van der Waals surface area (Å²) in [6.07, 6.45) is 1.25. The number of hydrogen-bond acceptors (Lipinski definition) is 6. The normalized spacial score (nSPS) is 15.1. The van der Waals surface area contributed by atoms with Crippen LogP contribution < -0.4 is 10.2 Å². The van der Waals surface area contributed by atoms with Crippen molar-refractivity contribution in [1.29, 1.82) is 0 Å². The second kappa shape index (κ2) is 10.4. The minimum atomic E-state index is -3.42. The van der Waals surface area contributed by atoms with E-state index < -0.39 is 9.84 Å². The highest BCUT2D eigenvalue weighted by Gasteiger charge is 2.22. The molecule has 0 spiro atoms. The third kappa shape index (κ3) is 5.74. The molecule has 1 aliphatic rings. The molecule has 0 radical (unpaired) electrons. The molecule has 1 saturated heterocycles. The van der Waals surface area contributed by atoms with Crippen LogP contribution in [-0.2, 0) is 9.84 Å². The summed E-state index contributed by atoms with van der Waals surface area (Å²) in [7, 11) is -3.42. The number of nitrogens with one attached hydrogen (secondary N) is 1. The van der Waals surface area contributed by atoms with Crippen molar-refractivity contribution in [2.45, 2.75) is 10.9 Å². The number of anilines is 2. The van der Waals surface area contributed by atoms with Crippen LogP contribution in [0.2, 0.25) is 0 Å². The van der Waals surface area contributed by atoms with Gasteiger partial charge in [0.1, 0.15) is 0 Å². The van der Waals surface area contributed by atoms with E-state index >= 15 is 0 Å². The van der Waals surface area contributed by atoms with E-state index in [0.29, 0.717) is 17.1 Å². The van der Waals surface area contributed by atoms with Crippen LogP contribution in [-0.4, -0.2) is 64.0 Å². The Hall–Kier alpha value is -2.87. The second-order valence-corrected chi connectivity index (χ2v) is 10.4. The molecule has 0 atom stereocenters. The Bertz CT molecular complexity index is 1110. The highest BCUT2D eigenvalue weighted by Crippen LogP contribution is 2.33. The van der Waals surface area contributed by atoms with Crippen molar-refractivity contribution in [1.82, 2.24) is 4.90 Å². The predicted octanol–water partition coefficient (Wildman–Crippen LogP) is 3.41. The monoisotopic (exact) mass is 465 g/mol. The largest absolute Gasteiger partial charge is 0.395 e. The van der Waals surface area contributed by atoms with Crippen LogP contribution in [0.4, 0.5) is 11.4 Å². The molecule has 6 nitrogen and oxygen atoms in total. The zero-order chi connectivity index (χ0) is 23.3. The smallest absolute Gasteiger partial charge is 0.177 e. The third-order valence-corrected chi connectivity index (χ3v) is 7.24. The summed E-state index contributed by atoms with van der Waals surface area (Å²) in [6.45, 7) is 4.25. The van der Waals surface area contributed by atoms with Crippen molar-refractivity contribution in [3.05, 3.63) is 90.0 Å². The van der Waals surface area contributed by atoms with Crippen LogP contribution >= 0.6 is 0 Å². The first-order valence-corrected chi connectivity index (χ1v) is 13.1. The molecule has 2 N–H and O–H groups in total. The number of aliphatic hydroxyl groups excluding tert-OH is 1. The Morgan fingerprint density at radius 2 is 1.45 bits per heavy atom. The minimum absolute atomic E-state index is 0.164. The van der Waals surface area contributed by atoms with Gasteiger partial charge in [-0.3, -0.25) is 4.90 Å². The number of hydrogen-bond donors (Lipinski definition) is 2. The van der Waals surface area contributed by atoms with Crippen LogP contribution in [0.5, 0.6) is 0 Å². The zero-order valence-corrected chi connectivity index (χ0v) is 19.7. The Morgan fingerprint density at radius 3 is 1.97 bits per heavy atom. The first-order valence-electron chi connectivity index (χ1n) is 11.2. The van der Waals surface area contributed by atoms with E-state index in [-0.39, 0.29) is 12.6 Å². The second-order valence-electron chi connectivity index (χ2n) is 8.40. The van der Waals surface area contributed by atoms with E-state index in [4.69, 9.17) is 0 Å². The van der Waals surface area contributed by atoms with Gasteiger partial charge in [-0.15, -0.1) is 0 Å².